The van der Waals surface area contributed by atoms with Gasteiger partial charge in [0.15, 0.2) is 0 Å². The van der Waals surface area contributed by atoms with Gasteiger partial charge in [0.1, 0.15) is 5.75 Å². The van der Waals surface area contributed by atoms with Crippen molar-refractivity contribution in [2.75, 3.05) is 6.54 Å². The predicted molar refractivity (Wildman–Crippen MR) is 89.0 cm³/mol. The fraction of sp³-hybridized carbons (Fsp3) is 0.562. The second-order valence-corrected chi connectivity index (χ2v) is 5.36. The maximum Gasteiger partial charge on any atom is 0.387 e. The maximum atomic E-state index is 12.4. The topological polar surface area (TPSA) is 64.4 Å². The van der Waals surface area contributed by atoms with Gasteiger partial charge in [-0.2, -0.15) is 8.78 Å². The molecule has 0 heterocycles. The molecule has 1 rings (SSSR count). The molecule has 0 radical (unpaired) electrons. The molecule has 0 aliphatic carbocycles. The van der Waals surface area contributed by atoms with Crippen molar-refractivity contribution in [1.82, 2.24) is 5.32 Å². The van der Waals surface area contributed by atoms with Crippen LogP contribution in [0.15, 0.2) is 18.2 Å². The third-order valence-electron chi connectivity index (χ3n) is 4.10. The Hall–Kier alpha value is -1.40. The van der Waals surface area contributed by atoms with Gasteiger partial charge in [0, 0.05) is 18.7 Å². The molecule has 0 aliphatic rings. The van der Waals surface area contributed by atoms with Crippen LogP contribution in [-0.2, 0) is 11.3 Å². The SMILES string of the molecule is CCC(CC)(CN)C(=O)NCc1cc(C)ccc1OC(F)F.Cl. The Morgan fingerprint density at radius 3 is 2.43 bits per heavy atom. The van der Waals surface area contributed by atoms with Gasteiger partial charge >= 0.3 is 6.61 Å². The molecular weight excluding hydrogens is 326 g/mol. The number of benzene rings is 1. The Labute approximate surface area is 142 Å². The molecular formula is C16H25ClF2N2O2. The molecule has 23 heavy (non-hydrogen) atoms. The van der Waals surface area contributed by atoms with Gasteiger partial charge in [-0.1, -0.05) is 31.5 Å². The number of rotatable bonds is 8. The second-order valence-electron chi connectivity index (χ2n) is 5.36. The van der Waals surface area contributed by atoms with Crippen molar-refractivity contribution in [1.29, 1.82) is 0 Å². The normalized spacial score (nSPS) is 11.1. The number of carbonyl (C=O) groups is 1. The molecule has 3 N–H and O–H groups in total. The molecule has 0 aliphatic heterocycles. The highest BCUT2D eigenvalue weighted by Gasteiger charge is 2.33. The summed E-state index contributed by atoms with van der Waals surface area (Å²) >= 11 is 0. The molecule has 1 aromatic carbocycles. The molecule has 0 saturated carbocycles. The summed E-state index contributed by atoms with van der Waals surface area (Å²) in [4.78, 5) is 12.4. The van der Waals surface area contributed by atoms with E-state index in [-0.39, 0.29) is 37.2 Å². The molecule has 0 aromatic heterocycles. The van der Waals surface area contributed by atoms with E-state index < -0.39 is 12.0 Å². The van der Waals surface area contributed by atoms with Gasteiger partial charge in [0.25, 0.3) is 0 Å². The van der Waals surface area contributed by atoms with E-state index >= 15 is 0 Å². The Morgan fingerprint density at radius 2 is 1.96 bits per heavy atom. The van der Waals surface area contributed by atoms with E-state index in [1.807, 2.05) is 20.8 Å². The molecule has 0 unspecified atom stereocenters. The monoisotopic (exact) mass is 350 g/mol. The van der Waals surface area contributed by atoms with E-state index in [2.05, 4.69) is 10.1 Å². The maximum absolute atomic E-state index is 12.4. The number of nitrogens with two attached hydrogens (primary N) is 1. The first-order valence-electron chi connectivity index (χ1n) is 7.41. The fourth-order valence-corrected chi connectivity index (χ4v) is 2.37. The van der Waals surface area contributed by atoms with Crippen LogP contribution in [0.3, 0.4) is 0 Å². The molecule has 0 bridgehead atoms. The average Bonchev–Trinajstić information content (AvgIpc) is 2.49. The molecule has 4 nitrogen and oxygen atoms in total. The second kappa shape index (κ2) is 9.67. The highest BCUT2D eigenvalue weighted by Crippen LogP contribution is 2.26. The number of hydrogen-bond donors (Lipinski definition) is 2. The van der Waals surface area contributed by atoms with Gasteiger partial charge < -0.3 is 15.8 Å². The van der Waals surface area contributed by atoms with E-state index in [4.69, 9.17) is 5.73 Å². The van der Waals surface area contributed by atoms with E-state index in [9.17, 15) is 13.6 Å². The standard InChI is InChI=1S/C16H24F2N2O2.ClH/c1-4-16(5-2,10-19)14(21)20-9-12-8-11(3)6-7-13(12)22-15(17)18;/h6-8,15H,4-5,9-10,19H2,1-3H3,(H,20,21);1H. The minimum absolute atomic E-state index is 0. The third kappa shape index (κ3) is 5.62. The summed E-state index contributed by atoms with van der Waals surface area (Å²) in [7, 11) is 0. The van der Waals surface area contributed by atoms with E-state index in [0.717, 1.165) is 5.56 Å². The summed E-state index contributed by atoms with van der Waals surface area (Å²) in [5, 5.41) is 2.79. The molecule has 7 heteroatoms. The smallest absolute Gasteiger partial charge is 0.387 e. The molecule has 0 spiro atoms. The fourth-order valence-electron chi connectivity index (χ4n) is 2.37. The summed E-state index contributed by atoms with van der Waals surface area (Å²) in [5.41, 5.74) is 6.54. The predicted octanol–water partition coefficient (Wildman–Crippen LogP) is 3.40. The van der Waals surface area contributed by atoms with Crippen LogP contribution in [-0.4, -0.2) is 19.1 Å². The lowest BCUT2D eigenvalue weighted by Crippen LogP contribution is -2.45. The number of ether oxygens (including phenoxy) is 1. The quantitative estimate of drug-likeness (QED) is 0.755. The van der Waals surface area contributed by atoms with Crippen LogP contribution in [0.4, 0.5) is 8.78 Å². The minimum atomic E-state index is -2.90. The Balaban J connectivity index is 0.00000484. The Morgan fingerprint density at radius 1 is 1.35 bits per heavy atom. The van der Waals surface area contributed by atoms with Gasteiger partial charge in [-0.25, -0.2) is 0 Å². The highest BCUT2D eigenvalue weighted by atomic mass is 35.5. The number of amides is 1. The number of halogens is 3. The lowest BCUT2D eigenvalue weighted by atomic mass is 9.81. The summed E-state index contributed by atoms with van der Waals surface area (Å²) in [6, 6.07) is 4.89. The zero-order chi connectivity index (χ0) is 16.8. The van der Waals surface area contributed by atoms with Crippen LogP contribution < -0.4 is 15.8 Å². The van der Waals surface area contributed by atoms with E-state index in [1.165, 1.54) is 6.07 Å². The number of hydrogen-bond acceptors (Lipinski definition) is 3. The van der Waals surface area contributed by atoms with Gasteiger partial charge in [-0.05, 0) is 25.8 Å². The van der Waals surface area contributed by atoms with Gasteiger partial charge in [0.2, 0.25) is 5.91 Å². The van der Waals surface area contributed by atoms with Crippen LogP contribution in [0.2, 0.25) is 0 Å². The van der Waals surface area contributed by atoms with Crippen molar-refractivity contribution in [2.24, 2.45) is 11.1 Å². The summed E-state index contributed by atoms with van der Waals surface area (Å²) in [6.07, 6.45) is 1.25. The largest absolute Gasteiger partial charge is 0.434 e. The van der Waals surface area contributed by atoms with Crippen molar-refractivity contribution < 1.29 is 18.3 Å². The average molecular weight is 351 g/mol. The van der Waals surface area contributed by atoms with E-state index in [0.29, 0.717) is 18.4 Å². The first-order valence-corrected chi connectivity index (χ1v) is 7.41. The lowest BCUT2D eigenvalue weighted by molar-refractivity contribution is -0.131. The minimum Gasteiger partial charge on any atom is -0.434 e. The summed E-state index contributed by atoms with van der Waals surface area (Å²) < 4.78 is 29.3. The van der Waals surface area contributed by atoms with Crippen molar-refractivity contribution in [3.8, 4) is 5.75 Å². The molecule has 1 aromatic rings. The van der Waals surface area contributed by atoms with Crippen LogP contribution >= 0.6 is 12.4 Å². The lowest BCUT2D eigenvalue weighted by Gasteiger charge is -2.28. The molecule has 0 saturated heterocycles. The molecule has 0 atom stereocenters. The van der Waals surface area contributed by atoms with Gasteiger partial charge in [0.05, 0.1) is 5.41 Å². The van der Waals surface area contributed by atoms with Crippen molar-refractivity contribution in [2.45, 2.75) is 46.8 Å². The van der Waals surface area contributed by atoms with Crippen LogP contribution in [0.5, 0.6) is 5.75 Å². The number of nitrogens with one attached hydrogen (secondary N) is 1. The third-order valence-corrected chi connectivity index (χ3v) is 4.10. The first-order chi connectivity index (χ1) is 10.4. The number of carbonyl (C=O) groups excluding carboxylic acids is 1. The van der Waals surface area contributed by atoms with Crippen LogP contribution in [0, 0.1) is 12.3 Å². The molecule has 132 valence electrons. The highest BCUT2D eigenvalue weighted by molar-refractivity contribution is 5.85. The van der Waals surface area contributed by atoms with Gasteiger partial charge in [-0.15, -0.1) is 12.4 Å². The Bertz CT molecular complexity index is 501. The Kier molecular flexibility index (Phi) is 9.09. The van der Waals surface area contributed by atoms with Crippen LogP contribution in [0.25, 0.3) is 0 Å². The zero-order valence-electron chi connectivity index (χ0n) is 13.7. The summed E-state index contributed by atoms with van der Waals surface area (Å²) in [5.74, 6) is -0.0863. The van der Waals surface area contributed by atoms with Crippen LogP contribution in [0.1, 0.15) is 37.8 Å². The molecule has 1 amide bonds. The van der Waals surface area contributed by atoms with Crippen molar-refractivity contribution in [3.05, 3.63) is 29.3 Å². The number of alkyl halides is 2. The zero-order valence-corrected chi connectivity index (χ0v) is 14.5. The number of aryl methyl sites for hydroxylation is 1. The molecule has 0 fully saturated rings. The van der Waals surface area contributed by atoms with Crippen molar-refractivity contribution in [3.63, 3.8) is 0 Å². The summed E-state index contributed by atoms with van der Waals surface area (Å²) in [6.45, 7) is 3.15. The first kappa shape index (κ1) is 21.6. The van der Waals surface area contributed by atoms with Crippen molar-refractivity contribution >= 4 is 18.3 Å². The van der Waals surface area contributed by atoms with Gasteiger partial charge in [-0.3, -0.25) is 4.79 Å². The van der Waals surface area contributed by atoms with E-state index in [1.54, 1.807) is 12.1 Å².